The van der Waals surface area contributed by atoms with E-state index in [9.17, 15) is 14.3 Å². The predicted molar refractivity (Wildman–Crippen MR) is 98.1 cm³/mol. The van der Waals surface area contributed by atoms with E-state index >= 15 is 0 Å². The molecule has 0 aliphatic heterocycles. The summed E-state index contributed by atoms with van der Waals surface area (Å²) in [6, 6.07) is 9.50. The van der Waals surface area contributed by atoms with Crippen molar-refractivity contribution in [3.05, 3.63) is 59.6 Å². The topological polar surface area (TPSA) is 94.7 Å². The van der Waals surface area contributed by atoms with Gasteiger partial charge in [-0.25, -0.2) is 4.39 Å². The molecule has 0 spiro atoms. The smallest absolute Gasteiger partial charge is 0.304 e. The molecule has 0 fully saturated rings. The highest BCUT2D eigenvalue weighted by molar-refractivity contribution is 5.78. The van der Waals surface area contributed by atoms with Crippen molar-refractivity contribution in [3.63, 3.8) is 0 Å². The minimum atomic E-state index is -1.07. The number of carboxylic acids is 1. The Kier molecular flexibility index (Phi) is 5.58. The number of aliphatic carboxylic acids is 1. The van der Waals surface area contributed by atoms with Gasteiger partial charge in [-0.3, -0.25) is 4.79 Å². The van der Waals surface area contributed by atoms with Crippen molar-refractivity contribution < 1.29 is 28.2 Å². The van der Waals surface area contributed by atoms with E-state index < -0.39 is 17.7 Å². The minimum Gasteiger partial charge on any atom is -0.496 e. The molecule has 1 unspecified atom stereocenters. The van der Waals surface area contributed by atoms with Crippen LogP contribution in [-0.4, -0.2) is 35.5 Å². The number of halogens is 1. The first-order valence-electron chi connectivity index (χ1n) is 8.46. The van der Waals surface area contributed by atoms with Crippen LogP contribution in [0.25, 0.3) is 11.1 Å². The molecule has 1 heterocycles. The molecule has 3 rings (SSSR count). The zero-order valence-corrected chi connectivity index (χ0v) is 15.6. The van der Waals surface area contributed by atoms with Gasteiger partial charge in [0.1, 0.15) is 17.3 Å². The number of carbonyl (C=O) groups is 1. The largest absolute Gasteiger partial charge is 0.496 e. The number of benzene rings is 2. The fourth-order valence-corrected chi connectivity index (χ4v) is 3.07. The molecule has 0 saturated heterocycles. The molecular formula is C20H19FN2O5. The maximum Gasteiger partial charge on any atom is 0.304 e. The van der Waals surface area contributed by atoms with Crippen molar-refractivity contribution >= 4 is 5.97 Å². The quantitative estimate of drug-likeness (QED) is 0.660. The lowest BCUT2D eigenvalue weighted by molar-refractivity contribution is -0.137. The van der Waals surface area contributed by atoms with E-state index in [2.05, 4.69) is 10.2 Å². The Morgan fingerprint density at radius 1 is 1.18 bits per heavy atom. The fourth-order valence-electron chi connectivity index (χ4n) is 3.07. The van der Waals surface area contributed by atoms with E-state index in [1.165, 1.54) is 26.4 Å². The lowest BCUT2D eigenvalue weighted by atomic mass is 9.91. The molecule has 2 aromatic carbocycles. The highest BCUT2D eigenvalue weighted by Gasteiger charge is 2.25. The monoisotopic (exact) mass is 386 g/mol. The Balaban J connectivity index is 2.17. The van der Waals surface area contributed by atoms with E-state index in [0.717, 1.165) is 0 Å². The molecule has 1 N–H and O–H groups in total. The van der Waals surface area contributed by atoms with Crippen molar-refractivity contribution in [2.45, 2.75) is 19.3 Å². The van der Waals surface area contributed by atoms with Crippen molar-refractivity contribution in [3.8, 4) is 22.6 Å². The number of carboxylic acid groups (broad SMARTS) is 1. The summed E-state index contributed by atoms with van der Waals surface area (Å²) < 4.78 is 30.7. The van der Waals surface area contributed by atoms with Gasteiger partial charge in [-0.05, 0) is 41.5 Å². The van der Waals surface area contributed by atoms with Gasteiger partial charge in [0.2, 0.25) is 11.8 Å². The molecule has 3 aromatic rings. The van der Waals surface area contributed by atoms with Crippen LogP contribution in [0.5, 0.6) is 11.5 Å². The van der Waals surface area contributed by atoms with Crippen molar-refractivity contribution in [1.82, 2.24) is 10.2 Å². The van der Waals surface area contributed by atoms with E-state index in [0.29, 0.717) is 34.1 Å². The van der Waals surface area contributed by atoms with Crippen molar-refractivity contribution in [1.29, 1.82) is 0 Å². The van der Waals surface area contributed by atoms with Crippen LogP contribution < -0.4 is 9.47 Å². The van der Waals surface area contributed by atoms with E-state index in [1.54, 1.807) is 31.2 Å². The summed E-state index contributed by atoms with van der Waals surface area (Å²) >= 11 is 0. The van der Waals surface area contributed by atoms with Crippen LogP contribution >= 0.6 is 0 Å². The lowest BCUT2D eigenvalue weighted by Gasteiger charge is -2.16. The maximum absolute atomic E-state index is 14.5. The fraction of sp³-hybridized carbons (Fsp3) is 0.250. The van der Waals surface area contributed by atoms with Gasteiger partial charge in [-0.1, -0.05) is 6.07 Å². The standard InChI is InChI=1S/C20H19FN2O5/c1-11-22-23-20(28-11)15(10-18(24)25)12-7-13(9-14(21)8-12)19-16(26-2)5-4-6-17(19)27-3/h4-9,15H,10H2,1-3H3,(H,24,25). The second-order valence-corrected chi connectivity index (χ2v) is 6.12. The Morgan fingerprint density at radius 3 is 2.39 bits per heavy atom. The highest BCUT2D eigenvalue weighted by Crippen LogP contribution is 2.40. The first-order valence-corrected chi connectivity index (χ1v) is 8.46. The Labute approximate surface area is 160 Å². The normalized spacial score (nSPS) is 11.9. The van der Waals surface area contributed by atoms with Gasteiger partial charge in [-0.15, -0.1) is 10.2 Å². The third kappa shape index (κ3) is 3.95. The third-order valence-corrected chi connectivity index (χ3v) is 4.26. The van der Waals surface area contributed by atoms with Crippen LogP contribution in [-0.2, 0) is 4.79 Å². The van der Waals surface area contributed by atoms with Gasteiger partial charge >= 0.3 is 5.97 Å². The summed E-state index contributed by atoms with van der Waals surface area (Å²) in [7, 11) is 3.01. The molecular weight excluding hydrogens is 367 g/mol. The van der Waals surface area contributed by atoms with Crippen LogP contribution in [0.2, 0.25) is 0 Å². The zero-order chi connectivity index (χ0) is 20.3. The molecule has 0 aliphatic carbocycles. The summed E-state index contributed by atoms with van der Waals surface area (Å²) in [5, 5.41) is 17.0. The molecule has 8 heteroatoms. The summed E-state index contributed by atoms with van der Waals surface area (Å²) in [6.07, 6.45) is -0.326. The Morgan fingerprint density at radius 2 is 1.86 bits per heavy atom. The molecule has 1 atom stereocenters. The van der Waals surface area contributed by atoms with Crippen molar-refractivity contribution in [2.24, 2.45) is 0 Å². The molecule has 0 amide bonds. The van der Waals surface area contributed by atoms with Gasteiger partial charge in [0.25, 0.3) is 0 Å². The van der Waals surface area contributed by atoms with Gasteiger partial charge in [0.05, 0.1) is 32.1 Å². The van der Waals surface area contributed by atoms with E-state index in [4.69, 9.17) is 13.9 Å². The molecule has 1 aromatic heterocycles. The second kappa shape index (κ2) is 8.08. The SMILES string of the molecule is COc1cccc(OC)c1-c1cc(F)cc(C(CC(=O)O)c2nnc(C)o2)c1. The summed E-state index contributed by atoms with van der Waals surface area (Å²) in [5.41, 5.74) is 1.44. The van der Waals surface area contributed by atoms with E-state index in [1.807, 2.05) is 0 Å². The number of ether oxygens (including phenoxy) is 2. The van der Waals surface area contributed by atoms with Crippen molar-refractivity contribution in [2.75, 3.05) is 14.2 Å². The minimum absolute atomic E-state index is 0.114. The summed E-state index contributed by atoms with van der Waals surface area (Å²) in [5.74, 6) is -0.988. The number of nitrogens with zero attached hydrogens (tertiary/aromatic N) is 2. The number of methoxy groups -OCH3 is 2. The molecule has 7 nitrogen and oxygen atoms in total. The molecule has 0 saturated carbocycles. The first-order chi connectivity index (χ1) is 13.4. The number of hydrogen-bond donors (Lipinski definition) is 1. The third-order valence-electron chi connectivity index (χ3n) is 4.26. The zero-order valence-electron chi connectivity index (χ0n) is 15.6. The summed E-state index contributed by atoms with van der Waals surface area (Å²) in [6.45, 7) is 1.60. The van der Waals surface area contributed by atoms with Gasteiger partial charge in [0, 0.05) is 6.92 Å². The molecule has 0 radical (unpaired) electrons. The lowest BCUT2D eigenvalue weighted by Crippen LogP contribution is -2.09. The Hall–Kier alpha value is -3.42. The molecule has 146 valence electrons. The molecule has 0 bridgehead atoms. The molecule has 28 heavy (non-hydrogen) atoms. The average Bonchev–Trinajstić information content (AvgIpc) is 3.10. The van der Waals surface area contributed by atoms with Gasteiger partial charge in [-0.2, -0.15) is 0 Å². The van der Waals surface area contributed by atoms with Gasteiger partial charge in [0.15, 0.2) is 0 Å². The van der Waals surface area contributed by atoms with Gasteiger partial charge < -0.3 is 19.0 Å². The van der Waals surface area contributed by atoms with Crippen LogP contribution in [0.1, 0.15) is 29.7 Å². The molecule has 0 aliphatic rings. The highest BCUT2D eigenvalue weighted by atomic mass is 19.1. The number of hydrogen-bond acceptors (Lipinski definition) is 6. The van der Waals surface area contributed by atoms with E-state index in [-0.39, 0.29) is 12.3 Å². The number of aromatic nitrogens is 2. The first kappa shape index (κ1) is 19.3. The summed E-state index contributed by atoms with van der Waals surface area (Å²) in [4.78, 5) is 11.4. The predicted octanol–water partition coefficient (Wildman–Crippen LogP) is 3.81. The average molecular weight is 386 g/mol. The van der Waals surface area contributed by atoms with Crippen LogP contribution in [0.3, 0.4) is 0 Å². The second-order valence-electron chi connectivity index (χ2n) is 6.12. The maximum atomic E-state index is 14.5. The number of aryl methyl sites for hydroxylation is 1. The Bertz CT molecular complexity index is 980. The number of rotatable bonds is 7. The van der Waals surface area contributed by atoms with Crippen LogP contribution in [0.4, 0.5) is 4.39 Å². The van der Waals surface area contributed by atoms with Crippen LogP contribution in [0, 0.1) is 12.7 Å². The van der Waals surface area contributed by atoms with Crippen LogP contribution in [0.15, 0.2) is 40.8 Å².